The third-order valence-corrected chi connectivity index (χ3v) is 28.4. The molecule has 2 N–H and O–H groups in total. The second-order valence-electron chi connectivity index (χ2n) is 34.8. The molecule has 6 aromatic heterocycles. The number of rotatable bonds is 8. The summed E-state index contributed by atoms with van der Waals surface area (Å²) in [5.41, 5.74) is 36.7. The fraction of sp³-hybridized carbons (Fsp3) is 0.0769. The van der Waals surface area contributed by atoms with Crippen molar-refractivity contribution < 1.29 is 10.0 Å². The second kappa shape index (κ2) is 35.8. The zero-order valence-corrected chi connectivity index (χ0v) is 80.4. The van der Waals surface area contributed by atoms with E-state index in [0.717, 1.165) is 155 Å². The predicted octanol–water partition coefficient (Wildman–Crippen LogP) is 31.8. The van der Waals surface area contributed by atoms with Gasteiger partial charge in [0.05, 0.1) is 61.6 Å². The Labute approximate surface area is 804 Å². The predicted molar refractivity (Wildman–Crippen MR) is 563 cm³/mol. The summed E-state index contributed by atoms with van der Waals surface area (Å²) in [4.78, 5) is 29.8. The Balaban J connectivity index is 0.000000118. The average Bonchev–Trinajstić information content (AvgIpc) is 1.58. The van der Waals surface area contributed by atoms with Crippen molar-refractivity contribution in [2.45, 2.75) is 57.8 Å². The van der Waals surface area contributed by atoms with E-state index in [1.807, 2.05) is 91.1 Å². The molecule has 632 valence electrons. The van der Waals surface area contributed by atoms with Gasteiger partial charge in [-0.25, -0.2) is 24.9 Å². The standard InChI is InChI=1S/C54H40N2.C24H14Br2N2.C18H11BrN2.C15H15BO2.C6H4Br2/c1-53(2)45-17-7-5-11-41(45)43-15-9-13-39(49(43)53)33-19-23-35(24-20-33)47-31-29-37-27-28-38-30-32-48(56-52(38)51(37)55-47)36-25-21-34(22-26-36)40-14-10-16-44-42-12-6-8-18-46(42)54(3,4)50(40)44;25-19-9-3-15(4-10-19)21-13-7-17-1-2-18-8-14-22(28-24(18)23(17)27-21)16-5-11-20(26)12-6-16;19-15-8-5-12(6-9-15)16-10-7-14-4-3-13-2-1-11-20-17(13)18(14)21-16;1-15(2)12-8-4-3-6-10(12)11-7-5-9-13(14(11)15)16(17)18;7-5-1-2-6(8)4-3-5/h5-32H,1-4H3;1-14H;1-11H;3-9,17-18H,1-2H3;1-4H. The molecule has 14 heteroatoms. The van der Waals surface area contributed by atoms with Gasteiger partial charge in [0.15, 0.2) is 0 Å². The highest BCUT2D eigenvalue weighted by atomic mass is 79.9. The van der Waals surface area contributed by atoms with Gasteiger partial charge in [0, 0.05) is 105 Å². The molecular weight excluding hydrogens is 1930 g/mol. The highest BCUT2D eigenvalue weighted by Crippen LogP contribution is 2.55. The zero-order chi connectivity index (χ0) is 90.0. The molecule has 131 heavy (non-hydrogen) atoms. The van der Waals surface area contributed by atoms with Gasteiger partial charge < -0.3 is 10.0 Å². The van der Waals surface area contributed by atoms with Gasteiger partial charge in [-0.05, 0) is 192 Å². The molecule has 0 bridgehead atoms. The van der Waals surface area contributed by atoms with Crippen molar-refractivity contribution in [1.29, 1.82) is 0 Å². The smallest absolute Gasteiger partial charge is 0.423 e. The first-order valence-corrected chi connectivity index (χ1v) is 47.6. The number of benzene rings is 15. The molecule has 0 radical (unpaired) electrons. The number of hydrogen-bond acceptors (Lipinski definition) is 8. The summed E-state index contributed by atoms with van der Waals surface area (Å²) in [6.45, 7) is 13.7. The Morgan fingerprint density at radius 2 is 0.435 bits per heavy atom. The minimum absolute atomic E-state index is 0.0671. The van der Waals surface area contributed by atoms with Crippen molar-refractivity contribution in [3.8, 4) is 112 Å². The molecule has 21 aromatic rings. The van der Waals surface area contributed by atoms with Crippen LogP contribution in [0.15, 0.2) is 411 Å². The number of aromatic nitrogens is 6. The molecule has 8 nitrogen and oxygen atoms in total. The lowest BCUT2D eigenvalue weighted by Crippen LogP contribution is -2.37. The molecule has 0 saturated carbocycles. The number of halogens is 5. The van der Waals surface area contributed by atoms with E-state index in [4.69, 9.17) is 24.9 Å². The maximum Gasteiger partial charge on any atom is 0.488 e. The Kier molecular flexibility index (Phi) is 23.5. The highest BCUT2D eigenvalue weighted by Gasteiger charge is 2.41. The molecule has 0 spiro atoms. The van der Waals surface area contributed by atoms with Crippen molar-refractivity contribution in [2.75, 3.05) is 0 Å². The topological polar surface area (TPSA) is 118 Å². The van der Waals surface area contributed by atoms with E-state index in [1.165, 1.54) is 77.9 Å². The molecule has 24 rings (SSSR count). The lowest BCUT2D eigenvalue weighted by atomic mass is 9.69. The molecular formula is C117H84BBr5N6O2. The average molecular weight is 2020 g/mol. The first-order valence-electron chi connectivity index (χ1n) is 43.6. The zero-order valence-electron chi connectivity index (χ0n) is 72.5. The van der Waals surface area contributed by atoms with E-state index in [-0.39, 0.29) is 16.2 Å². The fourth-order valence-corrected chi connectivity index (χ4v) is 20.6. The molecule has 0 fully saturated rings. The van der Waals surface area contributed by atoms with Crippen LogP contribution in [0.25, 0.3) is 177 Å². The van der Waals surface area contributed by atoms with Crippen LogP contribution in [-0.4, -0.2) is 47.1 Å². The first-order chi connectivity index (χ1) is 63.6. The largest absolute Gasteiger partial charge is 0.488 e. The van der Waals surface area contributed by atoms with Crippen LogP contribution in [0.3, 0.4) is 0 Å². The lowest BCUT2D eigenvalue weighted by molar-refractivity contribution is 0.424. The molecule has 0 saturated heterocycles. The molecule has 0 atom stereocenters. The van der Waals surface area contributed by atoms with Crippen LogP contribution in [0.1, 0.15) is 74.9 Å². The number of pyridine rings is 6. The Morgan fingerprint density at radius 1 is 0.206 bits per heavy atom. The third-order valence-electron chi connectivity index (χ3n) is 25.7. The van der Waals surface area contributed by atoms with Crippen molar-refractivity contribution in [3.63, 3.8) is 0 Å². The van der Waals surface area contributed by atoms with Crippen LogP contribution in [0.2, 0.25) is 0 Å². The summed E-state index contributed by atoms with van der Waals surface area (Å²) in [5, 5.41) is 25.7. The van der Waals surface area contributed by atoms with Crippen molar-refractivity contribution in [2.24, 2.45) is 0 Å². The summed E-state index contributed by atoms with van der Waals surface area (Å²) < 4.78 is 5.41. The number of hydrogen-bond donors (Lipinski definition) is 2. The van der Waals surface area contributed by atoms with Crippen LogP contribution in [-0.2, 0) is 16.2 Å². The normalized spacial score (nSPS) is 13.0. The minimum atomic E-state index is -1.42. The van der Waals surface area contributed by atoms with Crippen LogP contribution in [0, 0.1) is 0 Å². The summed E-state index contributed by atoms with van der Waals surface area (Å²) in [7, 11) is -1.42. The van der Waals surface area contributed by atoms with E-state index in [0.29, 0.717) is 5.46 Å². The quantitative estimate of drug-likeness (QED) is 0.114. The monoisotopic (exact) mass is 2010 g/mol. The molecule has 6 heterocycles. The summed E-state index contributed by atoms with van der Waals surface area (Å²) in [5.74, 6) is 0. The molecule has 0 amide bonds. The first kappa shape index (κ1) is 86.2. The number of nitrogens with zero attached hydrogens (tertiary/aromatic N) is 6. The van der Waals surface area contributed by atoms with Gasteiger partial charge in [-0.15, -0.1) is 0 Å². The second-order valence-corrected chi connectivity index (χ2v) is 39.4. The lowest BCUT2D eigenvalue weighted by Gasteiger charge is -2.24. The van der Waals surface area contributed by atoms with E-state index < -0.39 is 7.12 Å². The van der Waals surface area contributed by atoms with Gasteiger partial charge in [-0.3, -0.25) is 4.98 Å². The SMILES string of the molecule is Brc1ccc(-c2ccc3ccc4ccc(-c5ccc(Br)cc5)nc4c3n2)cc1.Brc1ccc(-c2ccc3ccc4cccnc4c3n2)cc1.Brc1ccc(Br)cc1.CC1(C)c2ccccc2-c2cccc(-c3ccc(-c4ccc5ccc6ccc(-c7ccc(-c8cccc9c8C(C)(C)c8ccccc8-9)cc7)nc6c5n4)cc3)c21.CC1(C)c2ccccc2-c2cccc(B(O)O)c21. The van der Waals surface area contributed by atoms with Crippen LogP contribution in [0.5, 0.6) is 0 Å². The van der Waals surface area contributed by atoms with E-state index in [9.17, 15) is 10.0 Å². The number of fused-ring (bicyclic) bond motifs is 18. The third kappa shape index (κ3) is 16.7. The maximum absolute atomic E-state index is 9.55. The van der Waals surface area contributed by atoms with Crippen molar-refractivity contribution in [1.82, 2.24) is 29.9 Å². The van der Waals surface area contributed by atoms with Crippen LogP contribution >= 0.6 is 79.6 Å². The van der Waals surface area contributed by atoms with Gasteiger partial charge >= 0.3 is 7.12 Å². The van der Waals surface area contributed by atoms with E-state index >= 15 is 0 Å². The van der Waals surface area contributed by atoms with Gasteiger partial charge in [0.25, 0.3) is 0 Å². The summed E-state index contributed by atoms with van der Waals surface area (Å²) in [6, 6.07) is 133. The maximum atomic E-state index is 9.55. The Bertz CT molecular complexity index is 7680. The van der Waals surface area contributed by atoms with Gasteiger partial charge in [0.1, 0.15) is 0 Å². The summed E-state index contributed by atoms with van der Waals surface area (Å²) in [6.07, 6.45) is 1.82. The van der Waals surface area contributed by atoms with Crippen molar-refractivity contribution >= 4 is 158 Å². The fourth-order valence-electron chi connectivity index (χ4n) is 19.3. The summed E-state index contributed by atoms with van der Waals surface area (Å²) >= 11 is 17.1. The van der Waals surface area contributed by atoms with Gasteiger partial charge in [-0.1, -0.05) is 406 Å². The van der Waals surface area contributed by atoms with Crippen LogP contribution in [0.4, 0.5) is 0 Å². The Hall–Kier alpha value is -12.9. The van der Waals surface area contributed by atoms with Gasteiger partial charge in [0.2, 0.25) is 0 Å². The molecule has 3 aliphatic carbocycles. The molecule has 0 unspecified atom stereocenters. The van der Waals surface area contributed by atoms with E-state index in [2.05, 4.69) is 417 Å². The van der Waals surface area contributed by atoms with Crippen molar-refractivity contribution in [3.05, 3.63) is 444 Å². The van der Waals surface area contributed by atoms with Crippen LogP contribution < -0.4 is 5.46 Å². The molecule has 3 aliphatic rings. The van der Waals surface area contributed by atoms with Gasteiger partial charge in [-0.2, -0.15) is 0 Å². The highest BCUT2D eigenvalue weighted by molar-refractivity contribution is 9.11. The molecule has 15 aromatic carbocycles. The Morgan fingerprint density at radius 3 is 0.748 bits per heavy atom. The molecule has 0 aliphatic heterocycles. The van der Waals surface area contributed by atoms with E-state index in [1.54, 1.807) is 6.07 Å². The minimum Gasteiger partial charge on any atom is -0.423 e.